The molecule has 0 amide bonds. The Hall–Kier alpha value is -0.870. The number of hydrogen-bond acceptors (Lipinski definition) is 4. The van der Waals surface area contributed by atoms with Gasteiger partial charge in [-0.1, -0.05) is 6.92 Å². The molecule has 0 aromatic rings. The van der Waals surface area contributed by atoms with E-state index in [9.17, 15) is 4.79 Å². The molecule has 0 aliphatic carbocycles. The van der Waals surface area contributed by atoms with E-state index in [2.05, 4.69) is 18.7 Å². The Morgan fingerprint density at radius 1 is 1.32 bits per heavy atom. The molecule has 19 heavy (non-hydrogen) atoms. The molecular weight excluding hydrogens is 242 g/mol. The number of carbonyl (C=O) groups is 1. The van der Waals surface area contributed by atoms with Crippen LogP contribution in [0.2, 0.25) is 0 Å². The zero-order valence-corrected chi connectivity index (χ0v) is 12.5. The molecule has 1 aliphatic heterocycles. The van der Waals surface area contributed by atoms with Gasteiger partial charge in [0.1, 0.15) is 0 Å². The van der Waals surface area contributed by atoms with E-state index in [1.54, 1.807) is 6.08 Å². The molecule has 0 saturated carbocycles. The Kier molecular flexibility index (Phi) is 7.75. The van der Waals surface area contributed by atoms with Crippen molar-refractivity contribution in [3.8, 4) is 0 Å². The van der Waals surface area contributed by atoms with Gasteiger partial charge in [-0.25, -0.2) is 0 Å². The minimum atomic E-state index is -0.107. The SMILES string of the molecule is CCC(=O)/C=C(/COC1CCCCO1)N(CC)CC. The van der Waals surface area contributed by atoms with Crippen LogP contribution in [-0.4, -0.2) is 43.3 Å². The number of ketones is 1. The second kappa shape index (κ2) is 9.10. The van der Waals surface area contributed by atoms with E-state index in [1.807, 2.05) is 6.92 Å². The number of ether oxygens (including phenoxy) is 2. The highest BCUT2D eigenvalue weighted by atomic mass is 16.7. The van der Waals surface area contributed by atoms with Crippen molar-refractivity contribution in [2.24, 2.45) is 0 Å². The molecule has 0 bridgehead atoms. The fourth-order valence-electron chi connectivity index (χ4n) is 2.16. The van der Waals surface area contributed by atoms with Gasteiger partial charge in [-0.15, -0.1) is 0 Å². The predicted molar refractivity (Wildman–Crippen MR) is 75.8 cm³/mol. The molecule has 0 aromatic carbocycles. The summed E-state index contributed by atoms with van der Waals surface area (Å²) in [5.74, 6) is 0.148. The first kappa shape index (κ1) is 16.2. The molecule has 1 atom stereocenters. The molecule has 4 nitrogen and oxygen atoms in total. The molecule has 0 N–H and O–H groups in total. The number of nitrogens with zero attached hydrogens (tertiary/aromatic N) is 1. The first-order valence-corrected chi connectivity index (χ1v) is 7.42. The minimum absolute atomic E-state index is 0.107. The smallest absolute Gasteiger partial charge is 0.158 e. The van der Waals surface area contributed by atoms with E-state index >= 15 is 0 Å². The van der Waals surface area contributed by atoms with Gasteiger partial charge in [-0.2, -0.15) is 0 Å². The van der Waals surface area contributed by atoms with E-state index in [1.165, 1.54) is 0 Å². The van der Waals surface area contributed by atoms with Gasteiger partial charge in [-0.05, 0) is 33.1 Å². The predicted octanol–water partition coefficient (Wildman–Crippen LogP) is 2.73. The van der Waals surface area contributed by atoms with Crippen molar-refractivity contribution in [3.05, 3.63) is 11.8 Å². The molecule has 4 heteroatoms. The maximum atomic E-state index is 11.6. The van der Waals surface area contributed by atoms with Gasteiger partial charge in [0.05, 0.1) is 6.61 Å². The van der Waals surface area contributed by atoms with Crippen molar-refractivity contribution < 1.29 is 14.3 Å². The lowest BCUT2D eigenvalue weighted by atomic mass is 10.2. The monoisotopic (exact) mass is 269 g/mol. The van der Waals surface area contributed by atoms with Crippen molar-refractivity contribution in [1.29, 1.82) is 0 Å². The maximum Gasteiger partial charge on any atom is 0.158 e. The van der Waals surface area contributed by atoms with Crippen molar-refractivity contribution in [2.45, 2.75) is 52.7 Å². The van der Waals surface area contributed by atoms with E-state index in [-0.39, 0.29) is 12.1 Å². The Morgan fingerprint density at radius 3 is 2.58 bits per heavy atom. The Balaban J connectivity index is 2.57. The number of hydrogen-bond donors (Lipinski definition) is 0. The van der Waals surface area contributed by atoms with Gasteiger partial charge in [0, 0.05) is 37.9 Å². The summed E-state index contributed by atoms with van der Waals surface area (Å²) in [7, 11) is 0. The molecular formula is C15H27NO3. The number of likely N-dealkylation sites (N-methyl/N-ethyl adjacent to an activating group) is 1. The summed E-state index contributed by atoms with van der Waals surface area (Å²) in [6.07, 6.45) is 5.37. The Morgan fingerprint density at radius 2 is 2.05 bits per heavy atom. The standard InChI is InChI=1S/C15H27NO3/c1-4-14(17)11-13(16(5-2)6-3)12-19-15-9-7-8-10-18-15/h11,15H,4-10,12H2,1-3H3/b13-11-. The molecule has 1 fully saturated rings. The van der Waals surface area contributed by atoms with Crippen LogP contribution >= 0.6 is 0 Å². The summed E-state index contributed by atoms with van der Waals surface area (Å²) >= 11 is 0. The largest absolute Gasteiger partial charge is 0.373 e. The van der Waals surface area contributed by atoms with E-state index in [0.717, 1.165) is 44.7 Å². The minimum Gasteiger partial charge on any atom is -0.373 e. The van der Waals surface area contributed by atoms with Gasteiger partial charge >= 0.3 is 0 Å². The lowest BCUT2D eigenvalue weighted by Crippen LogP contribution is -2.29. The fraction of sp³-hybridized carbons (Fsp3) is 0.800. The third kappa shape index (κ3) is 5.74. The molecule has 1 heterocycles. The maximum absolute atomic E-state index is 11.6. The number of carbonyl (C=O) groups excluding carboxylic acids is 1. The van der Waals surface area contributed by atoms with Crippen molar-refractivity contribution >= 4 is 5.78 Å². The summed E-state index contributed by atoms with van der Waals surface area (Å²) in [6.45, 7) is 9.06. The van der Waals surface area contributed by atoms with Crippen molar-refractivity contribution in [2.75, 3.05) is 26.3 Å². The fourth-order valence-corrected chi connectivity index (χ4v) is 2.16. The van der Waals surface area contributed by atoms with Crippen LogP contribution in [0, 0.1) is 0 Å². The van der Waals surface area contributed by atoms with Crippen LogP contribution in [0.4, 0.5) is 0 Å². The van der Waals surface area contributed by atoms with Gasteiger partial charge < -0.3 is 14.4 Å². The lowest BCUT2D eigenvalue weighted by Gasteiger charge is -2.28. The zero-order valence-electron chi connectivity index (χ0n) is 12.5. The Labute approximate surface area is 116 Å². The zero-order chi connectivity index (χ0) is 14.1. The molecule has 1 saturated heterocycles. The van der Waals surface area contributed by atoms with Gasteiger partial charge in [0.25, 0.3) is 0 Å². The molecule has 0 radical (unpaired) electrons. The van der Waals surface area contributed by atoms with Crippen LogP contribution in [-0.2, 0) is 14.3 Å². The van der Waals surface area contributed by atoms with Gasteiger partial charge in [0.15, 0.2) is 12.1 Å². The van der Waals surface area contributed by atoms with E-state index in [0.29, 0.717) is 13.0 Å². The number of rotatable bonds is 8. The first-order valence-electron chi connectivity index (χ1n) is 7.42. The number of allylic oxidation sites excluding steroid dienone is 1. The average molecular weight is 269 g/mol. The summed E-state index contributed by atoms with van der Waals surface area (Å²) in [5, 5.41) is 0. The molecule has 1 aliphatic rings. The molecule has 0 spiro atoms. The third-order valence-electron chi connectivity index (χ3n) is 3.40. The molecule has 1 unspecified atom stereocenters. The first-order chi connectivity index (χ1) is 9.21. The summed E-state index contributed by atoms with van der Waals surface area (Å²) in [5.41, 5.74) is 0.964. The second-order valence-electron chi connectivity index (χ2n) is 4.73. The van der Waals surface area contributed by atoms with Crippen LogP contribution in [0.15, 0.2) is 11.8 Å². The normalized spacial score (nSPS) is 20.4. The van der Waals surface area contributed by atoms with E-state index < -0.39 is 0 Å². The lowest BCUT2D eigenvalue weighted by molar-refractivity contribution is -0.159. The highest BCUT2D eigenvalue weighted by Gasteiger charge is 2.16. The van der Waals surface area contributed by atoms with Crippen molar-refractivity contribution in [3.63, 3.8) is 0 Å². The molecule has 110 valence electrons. The van der Waals surface area contributed by atoms with Crippen molar-refractivity contribution in [1.82, 2.24) is 4.90 Å². The van der Waals surface area contributed by atoms with Gasteiger partial charge in [-0.3, -0.25) is 4.79 Å². The van der Waals surface area contributed by atoms with Crippen LogP contribution in [0.5, 0.6) is 0 Å². The quantitative estimate of drug-likeness (QED) is 0.635. The highest BCUT2D eigenvalue weighted by Crippen LogP contribution is 2.15. The van der Waals surface area contributed by atoms with Crippen LogP contribution in [0.3, 0.4) is 0 Å². The molecule has 1 rings (SSSR count). The topological polar surface area (TPSA) is 38.8 Å². The second-order valence-corrected chi connectivity index (χ2v) is 4.73. The summed E-state index contributed by atoms with van der Waals surface area (Å²) in [6, 6.07) is 0. The summed E-state index contributed by atoms with van der Waals surface area (Å²) < 4.78 is 11.3. The van der Waals surface area contributed by atoms with Crippen LogP contribution in [0.25, 0.3) is 0 Å². The Bertz CT molecular complexity index is 292. The van der Waals surface area contributed by atoms with E-state index in [4.69, 9.17) is 9.47 Å². The van der Waals surface area contributed by atoms with Gasteiger partial charge in [0.2, 0.25) is 0 Å². The van der Waals surface area contributed by atoms with Crippen LogP contribution < -0.4 is 0 Å². The van der Waals surface area contributed by atoms with Crippen LogP contribution in [0.1, 0.15) is 46.5 Å². The molecule has 0 aromatic heterocycles. The average Bonchev–Trinajstić information content (AvgIpc) is 2.46. The third-order valence-corrected chi connectivity index (χ3v) is 3.40. The summed E-state index contributed by atoms with van der Waals surface area (Å²) in [4.78, 5) is 13.8. The highest BCUT2D eigenvalue weighted by molar-refractivity contribution is 5.89.